The van der Waals surface area contributed by atoms with Gasteiger partial charge in [-0.2, -0.15) is 13.2 Å². The summed E-state index contributed by atoms with van der Waals surface area (Å²) in [6, 6.07) is 13.3. The van der Waals surface area contributed by atoms with Gasteiger partial charge in [0, 0.05) is 18.4 Å². The van der Waals surface area contributed by atoms with Gasteiger partial charge in [0.2, 0.25) is 0 Å². The van der Waals surface area contributed by atoms with Gasteiger partial charge in [0.15, 0.2) is 11.0 Å². The fourth-order valence-electron chi connectivity index (χ4n) is 2.46. The lowest BCUT2D eigenvalue weighted by molar-refractivity contribution is -0.137. The summed E-state index contributed by atoms with van der Waals surface area (Å²) in [4.78, 5) is 0. The number of nitrogens with zero attached hydrogens (tertiary/aromatic N) is 3. The summed E-state index contributed by atoms with van der Waals surface area (Å²) in [7, 11) is 1.85. The van der Waals surface area contributed by atoms with Crippen LogP contribution in [0.5, 0.6) is 0 Å². The second kappa shape index (κ2) is 6.92. The van der Waals surface area contributed by atoms with Crippen molar-refractivity contribution in [3.8, 4) is 11.4 Å². The summed E-state index contributed by atoms with van der Waals surface area (Å²) in [5, 5.41) is 9.03. The van der Waals surface area contributed by atoms with Crippen LogP contribution in [0, 0.1) is 6.92 Å². The van der Waals surface area contributed by atoms with Crippen LogP contribution in [-0.2, 0) is 19.0 Å². The number of aryl methyl sites for hydroxylation is 1. The molecule has 0 bridgehead atoms. The fourth-order valence-corrected chi connectivity index (χ4v) is 3.32. The number of alkyl halides is 3. The maximum absolute atomic E-state index is 12.8. The van der Waals surface area contributed by atoms with Crippen LogP contribution in [0.2, 0.25) is 0 Å². The van der Waals surface area contributed by atoms with Gasteiger partial charge in [-0.3, -0.25) is 0 Å². The van der Waals surface area contributed by atoms with E-state index in [-0.39, 0.29) is 0 Å². The molecule has 0 aliphatic carbocycles. The van der Waals surface area contributed by atoms with Crippen molar-refractivity contribution >= 4 is 11.8 Å². The average molecular weight is 363 g/mol. The van der Waals surface area contributed by atoms with E-state index in [2.05, 4.69) is 10.2 Å². The van der Waals surface area contributed by atoms with Crippen LogP contribution in [-0.4, -0.2) is 14.8 Å². The number of hydrogen-bond acceptors (Lipinski definition) is 3. The second-order valence-electron chi connectivity index (χ2n) is 5.72. The highest BCUT2D eigenvalue weighted by Crippen LogP contribution is 2.31. The molecule has 0 atom stereocenters. The summed E-state index contributed by atoms with van der Waals surface area (Å²) in [6.07, 6.45) is -4.33. The third kappa shape index (κ3) is 4.04. The Morgan fingerprint density at radius 2 is 1.80 bits per heavy atom. The van der Waals surface area contributed by atoms with Crippen molar-refractivity contribution in [2.45, 2.75) is 24.0 Å². The Balaban J connectivity index is 1.77. The maximum Gasteiger partial charge on any atom is 0.416 e. The number of aromatic nitrogens is 3. The molecule has 0 aliphatic heterocycles. The molecule has 1 heterocycles. The molecule has 0 saturated carbocycles. The minimum atomic E-state index is -4.33. The molecule has 0 amide bonds. The molecule has 0 radical (unpaired) electrons. The van der Waals surface area contributed by atoms with Gasteiger partial charge in [0.25, 0.3) is 0 Å². The minimum Gasteiger partial charge on any atom is -0.305 e. The van der Waals surface area contributed by atoms with Gasteiger partial charge in [-0.25, -0.2) is 0 Å². The van der Waals surface area contributed by atoms with E-state index in [1.165, 1.54) is 23.9 Å². The molecule has 3 rings (SSSR count). The monoisotopic (exact) mass is 363 g/mol. The molecular weight excluding hydrogens is 347 g/mol. The summed E-state index contributed by atoms with van der Waals surface area (Å²) < 4.78 is 40.2. The second-order valence-corrected chi connectivity index (χ2v) is 6.66. The normalized spacial score (nSPS) is 11.7. The van der Waals surface area contributed by atoms with Crippen molar-refractivity contribution in [1.29, 1.82) is 0 Å². The highest BCUT2D eigenvalue weighted by molar-refractivity contribution is 7.98. The lowest BCUT2D eigenvalue weighted by atomic mass is 10.1. The third-order valence-electron chi connectivity index (χ3n) is 3.73. The van der Waals surface area contributed by atoms with Crippen LogP contribution >= 0.6 is 11.8 Å². The number of benzene rings is 2. The first-order valence-electron chi connectivity index (χ1n) is 7.60. The summed E-state index contributed by atoms with van der Waals surface area (Å²) in [5.41, 5.74) is 2.04. The van der Waals surface area contributed by atoms with Crippen LogP contribution in [0.3, 0.4) is 0 Å². The van der Waals surface area contributed by atoms with E-state index in [0.717, 1.165) is 23.0 Å². The van der Waals surface area contributed by atoms with Crippen molar-refractivity contribution in [2.24, 2.45) is 7.05 Å². The van der Waals surface area contributed by atoms with Crippen molar-refractivity contribution in [3.63, 3.8) is 0 Å². The first kappa shape index (κ1) is 17.5. The van der Waals surface area contributed by atoms with E-state index in [1.54, 1.807) is 6.07 Å². The Morgan fingerprint density at radius 3 is 2.52 bits per heavy atom. The van der Waals surface area contributed by atoms with Crippen LogP contribution < -0.4 is 0 Å². The van der Waals surface area contributed by atoms with Crippen LogP contribution in [0.4, 0.5) is 13.2 Å². The largest absolute Gasteiger partial charge is 0.416 e. The van der Waals surface area contributed by atoms with E-state index < -0.39 is 11.7 Å². The van der Waals surface area contributed by atoms with Crippen LogP contribution in [0.15, 0.2) is 53.7 Å². The number of rotatable bonds is 4. The van der Waals surface area contributed by atoms with E-state index in [1.807, 2.05) is 42.8 Å². The molecule has 2 aromatic carbocycles. The quantitative estimate of drug-likeness (QED) is 0.604. The molecule has 3 aromatic rings. The van der Waals surface area contributed by atoms with Gasteiger partial charge >= 0.3 is 6.18 Å². The molecule has 1 aromatic heterocycles. The van der Waals surface area contributed by atoms with Gasteiger partial charge in [0.1, 0.15) is 0 Å². The Bertz CT molecular complexity index is 887. The number of hydrogen-bond donors (Lipinski definition) is 0. The maximum atomic E-state index is 12.8. The van der Waals surface area contributed by atoms with Gasteiger partial charge in [0.05, 0.1) is 5.56 Å². The zero-order valence-corrected chi connectivity index (χ0v) is 14.5. The van der Waals surface area contributed by atoms with E-state index in [0.29, 0.717) is 16.5 Å². The van der Waals surface area contributed by atoms with Crippen LogP contribution in [0.1, 0.15) is 16.7 Å². The van der Waals surface area contributed by atoms with E-state index in [4.69, 9.17) is 0 Å². The number of halogens is 3. The molecule has 0 aliphatic rings. The topological polar surface area (TPSA) is 30.7 Å². The molecule has 0 unspecified atom stereocenters. The molecule has 0 spiro atoms. The lowest BCUT2D eigenvalue weighted by Gasteiger charge is -2.08. The molecule has 130 valence electrons. The van der Waals surface area contributed by atoms with Gasteiger partial charge < -0.3 is 4.57 Å². The Kier molecular flexibility index (Phi) is 4.85. The Morgan fingerprint density at radius 1 is 1.04 bits per heavy atom. The van der Waals surface area contributed by atoms with Gasteiger partial charge in [-0.15, -0.1) is 10.2 Å². The van der Waals surface area contributed by atoms with E-state index >= 15 is 0 Å². The van der Waals surface area contributed by atoms with Crippen molar-refractivity contribution in [3.05, 3.63) is 65.2 Å². The van der Waals surface area contributed by atoms with Gasteiger partial charge in [-0.05, 0) is 24.6 Å². The fraction of sp³-hybridized carbons (Fsp3) is 0.222. The van der Waals surface area contributed by atoms with Gasteiger partial charge in [-0.1, -0.05) is 53.7 Å². The molecule has 3 nitrogen and oxygen atoms in total. The molecule has 7 heteroatoms. The predicted molar refractivity (Wildman–Crippen MR) is 92.2 cm³/mol. The van der Waals surface area contributed by atoms with Crippen molar-refractivity contribution in [2.75, 3.05) is 0 Å². The molecular formula is C18H16F3N3S. The first-order chi connectivity index (χ1) is 11.8. The molecule has 25 heavy (non-hydrogen) atoms. The Labute approximate surface area is 147 Å². The Hall–Kier alpha value is -2.28. The molecule has 0 saturated heterocycles. The number of thioether (sulfide) groups is 1. The zero-order chi connectivity index (χ0) is 18.0. The summed E-state index contributed by atoms with van der Waals surface area (Å²) in [6.45, 7) is 2.00. The average Bonchev–Trinajstić information content (AvgIpc) is 2.93. The molecule has 0 fully saturated rings. The summed E-state index contributed by atoms with van der Waals surface area (Å²) in [5.74, 6) is 1.12. The highest BCUT2D eigenvalue weighted by Gasteiger charge is 2.30. The van der Waals surface area contributed by atoms with Crippen molar-refractivity contribution in [1.82, 2.24) is 14.8 Å². The minimum absolute atomic E-state index is 0.393. The zero-order valence-electron chi connectivity index (χ0n) is 13.7. The molecule has 0 N–H and O–H groups in total. The summed E-state index contributed by atoms with van der Waals surface area (Å²) >= 11 is 1.36. The SMILES string of the molecule is Cc1cccc(-c2nnc(SCc3cccc(C(F)(F)F)c3)n2C)c1. The lowest BCUT2D eigenvalue weighted by Crippen LogP contribution is -2.05. The predicted octanol–water partition coefficient (Wildman–Crippen LogP) is 5.10. The third-order valence-corrected chi connectivity index (χ3v) is 4.82. The van der Waals surface area contributed by atoms with Crippen LogP contribution in [0.25, 0.3) is 11.4 Å². The standard InChI is InChI=1S/C18H16F3N3S/c1-12-5-3-7-14(9-12)16-22-23-17(24(16)2)25-11-13-6-4-8-15(10-13)18(19,20)21/h3-10H,11H2,1-2H3. The highest BCUT2D eigenvalue weighted by atomic mass is 32.2. The first-order valence-corrected chi connectivity index (χ1v) is 8.58. The van der Waals surface area contributed by atoms with E-state index in [9.17, 15) is 13.2 Å². The smallest absolute Gasteiger partial charge is 0.305 e. The van der Waals surface area contributed by atoms with Crippen molar-refractivity contribution < 1.29 is 13.2 Å².